The minimum Gasteiger partial charge on any atom is -0.396 e. The SMILES string of the molecule is O=C(NCC1(CO)CCCCC1)c1cc(Cl)nnc1Cl. The van der Waals surface area contributed by atoms with Crippen LogP contribution in [0.1, 0.15) is 42.5 Å². The van der Waals surface area contributed by atoms with Gasteiger partial charge in [0.2, 0.25) is 0 Å². The van der Waals surface area contributed by atoms with E-state index in [1.54, 1.807) is 0 Å². The van der Waals surface area contributed by atoms with Crippen LogP contribution in [0, 0.1) is 5.41 Å². The maximum absolute atomic E-state index is 12.1. The summed E-state index contributed by atoms with van der Waals surface area (Å²) in [6, 6.07) is 1.39. The highest BCUT2D eigenvalue weighted by Crippen LogP contribution is 2.35. The summed E-state index contributed by atoms with van der Waals surface area (Å²) < 4.78 is 0. The fourth-order valence-corrected chi connectivity index (χ4v) is 2.89. The molecule has 0 radical (unpaired) electrons. The summed E-state index contributed by atoms with van der Waals surface area (Å²) in [5, 5.41) is 19.7. The molecule has 1 amide bonds. The number of nitrogens with one attached hydrogen (secondary N) is 1. The van der Waals surface area contributed by atoms with Gasteiger partial charge < -0.3 is 10.4 Å². The second kappa shape index (κ2) is 6.70. The quantitative estimate of drug-likeness (QED) is 0.894. The van der Waals surface area contributed by atoms with Crippen molar-refractivity contribution >= 4 is 29.1 Å². The standard InChI is InChI=1S/C13H17Cl2N3O2/c14-10-6-9(11(15)18-17-10)12(20)16-7-13(8-19)4-2-1-3-5-13/h6,19H,1-5,7-8H2,(H,16,20). The maximum atomic E-state index is 12.1. The van der Waals surface area contributed by atoms with Crippen LogP contribution in [0.2, 0.25) is 10.3 Å². The Balaban J connectivity index is 2.02. The van der Waals surface area contributed by atoms with E-state index in [1.165, 1.54) is 12.5 Å². The number of halogens is 2. The summed E-state index contributed by atoms with van der Waals surface area (Å²) >= 11 is 11.6. The smallest absolute Gasteiger partial charge is 0.254 e. The minimum absolute atomic E-state index is 0.0218. The maximum Gasteiger partial charge on any atom is 0.254 e. The second-order valence-corrected chi connectivity index (χ2v) is 6.02. The molecule has 1 aromatic rings. The van der Waals surface area contributed by atoms with Gasteiger partial charge in [0.1, 0.15) is 0 Å². The number of carbonyl (C=O) groups is 1. The van der Waals surface area contributed by atoms with Crippen LogP contribution in [0.15, 0.2) is 6.07 Å². The first kappa shape index (κ1) is 15.5. The number of carbonyl (C=O) groups excluding carboxylic acids is 1. The van der Waals surface area contributed by atoms with E-state index >= 15 is 0 Å². The summed E-state index contributed by atoms with van der Waals surface area (Å²) in [5.74, 6) is -0.342. The third kappa shape index (κ3) is 3.59. The van der Waals surface area contributed by atoms with Crippen molar-refractivity contribution in [2.75, 3.05) is 13.2 Å². The summed E-state index contributed by atoms with van der Waals surface area (Å²) in [4.78, 5) is 12.1. The van der Waals surface area contributed by atoms with Gasteiger partial charge in [-0.1, -0.05) is 42.5 Å². The van der Waals surface area contributed by atoms with Gasteiger partial charge in [0.15, 0.2) is 10.3 Å². The molecule has 5 nitrogen and oxygen atoms in total. The predicted molar refractivity (Wildman–Crippen MR) is 77.0 cm³/mol. The fraction of sp³-hybridized carbons (Fsp3) is 0.615. The Kier molecular flexibility index (Phi) is 5.18. The zero-order valence-corrected chi connectivity index (χ0v) is 12.5. The van der Waals surface area contributed by atoms with Crippen LogP contribution in [-0.2, 0) is 0 Å². The number of rotatable bonds is 4. The van der Waals surface area contributed by atoms with Crippen molar-refractivity contribution in [3.63, 3.8) is 0 Å². The highest BCUT2D eigenvalue weighted by Gasteiger charge is 2.32. The summed E-state index contributed by atoms with van der Waals surface area (Å²) in [5.41, 5.74) is -0.0134. The third-order valence-electron chi connectivity index (χ3n) is 3.84. The van der Waals surface area contributed by atoms with E-state index < -0.39 is 0 Å². The molecular formula is C13H17Cl2N3O2. The van der Waals surface area contributed by atoms with Crippen LogP contribution in [0.4, 0.5) is 0 Å². The van der Waals surface area contributed by atoms with Crippen molar-refractivity contribution in [2.24, 2.45) is 5.41 Å². The van der Waals surface area contributed by atoms with Gasteiger partial charge in [-0.3, -0.25) is 4.79 Å². The summed E-state index contributed by atoms with van der Waals surface area (Å²) in [7, 11) is 0. The van der Waals surface area contributed by atoms with Crippen LogP contribution in [0.3, 0.4) is 0 Å². The van der Waals surface area contributed by atoms with E-state index in [9.17, 15) is 9.90 Å². The Morgan fingerprint density at radius 3 is 2.65 bits per heavy atom. The lowest BCUT2D eigenvalue weighted by Crippen LogP contribution is -2.41. The van der Waals surface area contributed by atoms with Gasteiger partial charge in [0.25, 0.3) is 5.91 Å². The molecule has 0 aromatic carbocycles. The Bertz CT molecular complexity index is 491. The lowest BCUT2D eigenvalue weighted by molar-refractivity contribution is 0.0718. The summed E-state index contributed by atoms with van der Waals surface area (Å²) in [6.07, 6.45) is 5.20. The van der Waals surface area contributed by atoms with Crippen LogP contribution in [0.5, 0.6) is 0 Å². The number of aliphatic hydroxyl groups is 1. The zero-order chi connectivity index (χ0) is 14.6. The van der Waals surface area contributed by atoms with Crippen molar-refractivity contribution in [2.45, 2.75) is 32.1 Å². The first-order chi connectivity index (χ1) is 9.56. The van der Waals surface area contributed by atoms with E-state index in [-0.39, 0.29) is 33.8 Å². The van der Waals surface area contributed by atoms with Gasteiger partial charge >= 0.3 is 0 Å². The molecule has 1 aromatic heterocycles. The van der Waals surface area contributed by atoms with Crippen molar-refractivity contribution in [3.05, 3.63) is 21.9 Å². The summed E-state index contributed by atoms with van der Waals surface area (Å²) in [6.45, 7) is 0.509. The fourth-order valence-electron chi connectivity index (χ4n) is 2.57. The van der Waals surface area contributed by atoms with Crippen molar-refractivity contribution in [3.8, 4) is 0 Å². The predicted octanol–water partition coefficient (Wildman–Crippen LogP) is 2.46. The molecule has 2 N–H and O–H groups in total. The number of nitrogens with zero attached hydrogens (tertiary/aromatic N) is 2. The molecule has 0 unspecified atom stereocenters. The van der Waals surface area contributed by atoms with Crippen molar-refractivity contribution in [1.29, 1.82) is 0 Å². The average molecular weight is 318 g/mol. The Morgan fingerprint density at radius 2 is 2.00 bits per heavy atom. The highest BCUT2D eigenvalue weighted by atomic mass is 35.5. The van der Waals surface area contributed by atoms with Crippen LogP contribution >= 0.6 is 23.2 Å². The lowest BCUT2D eigenvalue weighted by atomic mass is 9.74. The average Bonchev–Trinajstić information content (AvgIpc) is 2.48. The number of aliphatic hydroxyl groups excluding tert-OH is 1. The Hall–Kier alpha value is -0.910. The van der Waals surface area contributed by atoms with Crippen molar-refractivity contribution in [1.82, 2.24) is 15.5 Å². The molecule has 1 aliphatic rings. The van der Waals surface area contributed by atoms with Crippen molar-refractivity contribution < 1.29 is 9.90 Å². The molecule has 0 atom stereocenters. The topological polar surface area (TPSA) is 75.1 Å². The van der Waals surface area contributed by atoms with E-state index in [2.05, 4.69) is 15.5 Å². The Labute approximate surface area is 127 Å². The molecule has 0 aliphatic heterocycles. The molecule has 7 heteroatoms. The van der Waals surface area contributed by atoms with Gasteiger partial charge in [-0.2, -0.15) is 0 Å². The molecular weight excluding hydrogens is 301 g/mol. The van der Waals surface area contributed by atoms with Crippen LogP contribution in [0.25, 0.3) is 0 Å². The number of amides is 1. The molecule has 1 saturated carbocycles. The van der Waals surface area contributed by atoms with E-state index in [0.717, 1.165) is 25.7 Å². The third-order valence-corrected chi connectivity index (χ3v) is 4.30. The molecule has 1 aliphatic carbocycles. The Morgan fingerprint density at radius 1 is 1.30 bits per heavy atom. The molecule has 1 heterocycles. The van der Waals surface area contributed by atoms with Gasteiger partial charge in [0.05, 0.1) is 12.2 Å². The van der Waals surface area contributed by atoms with Gasteiger partial charge in [0, 0.05) is 12.0 Å². The molecule has 0 spiro atoms. The molecule has 110 valence electrons. The first-order valence-electron chi connectivity index (χ1n) is 6.64. The van der Waals surface area contributed by atoms with E-state index in [4.69, 9.17) is 23.2 Å². The monoisotopic (exact) mass is 317 g/mol. The molecule has 0 bridgehead atoms. The van der Waals surface area contributed by atoms with Crippen LogP contribution < -0.4 is 5.32 Å². The second-order valence-electron chi connectivity index (χ2n) is 5.27. The number of aromatic nitrogens is 2. The van der Waals surface area contributed by atoms with E-state index in [0.29, 0.717) is 6.54 Å². The normalized spacial score (nSPS) is 17.8. The van der Waals surface area contributed by atoms with Gasteiger partial charge in [-0.15, -0.1) is 10.2 Å². The first-order valence-corrected chi connectivity index (χ1v) is 7.40. The number of hydrogen-bond acceptors (Lipinski definition) is 4. The molecule has 20 heavy (non-hydrogen) atoms. The largest absolute Gasteiger partial charge is 0.396 e. The molecule has 1 fully saturated rings. The zero-order valence-electron chi connectivity index (χ0n) is 11.0. The van der Waals surface area contributed by atoms with Crippen LogP contribution in [-0.4, -0.2) is 34.4 Å². The van der Waals surface area contributed by atoms with Gasteiger partial charge in [-0.25, -0.2) is 0 Å². The highest BCUT2D eigenvalue weighted by molar-refractivity contribution is 6.34. The minimum atomic E-state index is -0.342. The van der Waals surface area contributed by atoms with Gasteiger partial charge in [-0.05, 0) is 18.9 Å². The lowest BCUT2D eigenvalue weighted by Gasteiger charge is -2.35. The molecule has 2 rings (SSSR count). The van der Waals surface area contributed by atoms with E-state index in [1.807, 2.05) is 0 Å². The number of hydrogen-bond donors (Lipinski definition) is 2. The molecule has 0 saturated heterocycles.